The second-order valence-corrected chi connectivity index (χ2v) is 9.15. The SMILES string of the molecule is Cc1ccccc1-c1noc(CN2CCC(C(=O)NCc3cccc(Cn4ccnc4)c3)CC2)n1. The number of imidazole rings is 1. The Kier molecular flexibility index (Phi) is 6.99. The van der Waals surface area contributed by atoms with Crippen molar-refractivity contribution in [1.82, 2.24) is 29.9 Å². The van der Waals surface area contributed by atoms with Gasteiger partial charge in [-0.25, -0.2) is 4.98 Å². The van der Waals surface area contributed by atoms with Crippen LogP contribution in [0.3, 0.4) is 0 Å². The smallest absolute Gasteiger partial charge is 0.241 e. The number of piperidine rings is 1. The minimum atomic E-state index is 0.0330. The van der Waals surface area contributed by atoms with Crippen molar-refractivity contribution in [2.24, 2.45) is 5.92 Å². The summed E-state index contributed by atoms with van der Waals surface area (Å²) in [6.07, 6.45) is 7.18. The lowest BCUT2D eigenvalue weighted by molar-refractivity contribution is -0.126. The molecular weight excluding hydrogens is 440 g/mol. The van der Waals surface area contributed by atoms with Crippen LogP contribution in [-0.4, -0.2) is 43.6 Å². The van der Waals surface area contributed by atoms with E-state index in [1.807, 2.05) is 54.3 Å². The molecule has 1 saturated heterocycles. The summed E-state index contributed by atoms with van der Waals surface area (Å²) in [5.41, 5.74) is 4.41. The van der Waals surface area contributed by atoms with E-state index in [0.717, 1.165) is 49.2 Å². The van der Waals surface area contributed by atoms with Gasteiger partial charge in [0.1, 0.15) is 0 Å². The Morgan fingerprint density at radius 2 is 1.91 bits per heavy atom. The molecule has 5 rings (SSSR count). The third-order valence-electron chi connectivity index (χ3n) is 6.55. The molecule has 0 unspecified atom stereocenters. The van der Waals surface area contributed by atoms with Crippen molar-refractivity contribution in [3.63, 3.8) is 0 Å². The highest BCUT2D eigenvalue weighted by Gasteiger charge is 2.26. The van der Waals surface area contributed by atoms with Crippen LogP contribution in [0.25, 0.3) is 11.4 Å². The van der Waals surface area contributed by atoms with Crippen molar-refractivity contribution >= 4 is 5.91 Å². The lowest BCUT2D eigenvalue weighted by atomic mass is 9.96. The van der Waals surface area contributed by atoms with Gasteiger partial charge in [-0.1, -0.05) is 53.7 Å². The van der Waals surface area contributed by atoms with Crippen LogP contribution >= 0.6 is 0 Å². The van der Waals surface area contributed by atoms with E-state index in [-0.39, 0.29) is 11.8 Å². The van der Waals surface area contributed by atoms with E-state index in [9.17, 15) is 4.79 Å². The van der Waals surface area contributed by atoms with Gasteiger partial charge in [-0.2, -0.15) is 4.98 Å². The molecule has 0 spiro atoms. The molecule has 3 heterocycles. The van der Waals surface area contributed by atoms with Gasteiger partial charge in [0.25, 0.3) is 0 Å². The Hall–Kier alpha value is -3.78. The third-order valence-corrected chi connectivity index (χ3v) is 6.55. The van der Waals surface area contributed by atoms with Crippen molar-refractivity contribution in [1.29, 1.82) is 0 Å². The highest BCUT2D eigenvalue weighted by molar-refractivity contribution is 5.78. The standard InChI is InChI=1S/C27H30N6O2/c1-20-5-2-3-8-24(20)26-30-25(35-31-26)18-32-12-9-23(10-13-32)27(34)29-16-21-6-4-7-22(15-21)17-33-14-11-28-19-33/h2-8,11,14-15,19,23H,9-10,12-13,16-18H2,1H3,(H,29,34). The Morgan fingerprint density at radius 1 is 1.09 bits per heavy atom. The molecule has 2 aromatic carbocycles. The van der Waals surface area contributed by atoms with Crippen LogP contribution in [0.5, 0.6) is 0 Å². The molecule has 180 valence electrons. The number of nitrogens with zero attached hydrogens (tertiary/aromatic N) is 5. The highest BCUT2D eigenvalue weighted by Crippen LogP contribution is 2.22. The molecule has 4 aromatic rings. The molecule has 1 aliphatic rings. The number of carbonyl (C=O) groups excluding carboxylic acids is 1. The molecule has 1 fully saturated rings. The summed E-state index contributed by atoms with van der Waals surface area (Å²) in [7, 11) is 0. The Bertz CT molecular complexity index is 1260. The highest BCUT2D eigenvalue weighted by atomic mass is 16.5. The summed E-state index contributed by atoms with van der Waals surface area (Å²) in [5.74, 6) is 1.40. The summed E-state index contributed by atoms with van der Waals surface area (Å²) in [5, 5.41) is 7.28. The molecule has 8 heteroatoms. The molecule has 1 amide bonds. The Balaban J connectivity index is 1.08. The Labute approximate surface area is 205 Å². The first-order valence-electron chi connectivity index (χ1n) is 12.1. The van der Waals surface area contributed by atoms with Crippen molar-refractivity contribution in [2.45, 2.75) is 39.4 Å². The summed E-state index contributed by atoms with van der Waals surface area (Å²) >= 11 is 0. The van der Waals surface area contributed by atoms with Crippen LogP contribution in [0.2, 0.25) is 0 Å². The predicted octanol–water partition coefficient (Wildman–Crippen LogP) is 3.82. The molecular formula is C27H30N6O2. The minimum Gasteiger partial charge on any atom is -0.352 e. The number of aryl methyl sites for hydroxylation is 1. The number of benzene rings is 2. The number of aromatic nitrogens is 4. The van der Waals surface area contributed by atoms with Crippen LogP contribution in [0.4, 0.5) is 0 Å². The normalized spacial score (nSPS) is 14.8. The van der Waals surface area contributed by atoms with Crippen molar-refractivity contribution in [3.8, 4) is 11.4 Å². The number of likely N-dealkylation sites (tertiary alicyclic amines) is 1. The zero-order chi connectivity index (χ0) is 24.0. The zero-order valence-corrected chi connectivity index (χ0v) is 19.9. The Morgan fingerprint density at radius 3 is 2.71 bits per heavy atom. The van der Waals surface area contributed by atoms with Gasteiger partial charge < -0.3 is 14.4 Å². The van der Waals surface area contributed by atoms with Crippen LogP contribution in [0.1, 0.15) is 35.4 Å². The number of hydrogen-bond donors (Lipinski definition) is 1. The third kappa shape index (κ3) is 5.84. The van der Waals surface area contributed by atoms with E-state index in [1.165, 1.54) is 5.56 Å². The largest absolute Gasteiger partial charge is 0.352 e. The lowest BCUT2D eigenvalue weighted by Crippen LogP contribution is -2.40. The molecule has 0 bridgehead atoms. The van der Waals surface area contributed by atoms with Crippen LogP contribution < -0.4 is 5.32 Å². The molecule has 35 heavy (non-hydrogen) atoms. The molecule has 0 aliphatic carbocycles. The summed E-state index contributed by atoms with van der Waals surface area (Å²) in [6, 6.07) is 16.3. The summed E-state index contributed by atoms with van der Waals surface area (Å²) in [6.45, 7) is 5.63. The van der Waals surface area contributed by atoms with Gasteiger partial charge >= 0.3 is 0 Å². The maximum absolute atomic E-state index is 12.8. The number of amides is 1. The quantitative estimate of drug-likeness (QED) is 0.421. The van der Waals surface area contributed by atoms with E-state index < -0.39 is 0 Å². The van der Waals surface area contributed by atoms with Gasteiger partial charge in [0.15, 0.2) is 0 Å². The van der Waals surface area contributed by atoms with Gasteiger partial charge in [0.05, 0.1) is 12.9 Å². The molecule has 8 nitrogen and oxygen atoms in total. The van der Waals surface area contributed by atoms with Gasteiger partial charge in [0.2, 0.25) is 17.6 Å². The molecule has 0 saturated carbocycles. The fourth-order valence-corrected chi connectivity index (χ4v) is 4.56. The van der Waals surface area contributed by atoms with Gasteiger partial charge in [-0.15, -0.1) is 0 Å². The van der Waals surface area contributed by atoms with Crippen molar-refractivity contribution < 1.29 is 9.32 Å². The molecule has 1 N–H and O–H groups in total. The monoisotopic (exact) mass is 470 g/mol. The number of rotatable bonds is 8. The lowest BCUT2D eigenvalue weighted by Gasteiger charge is -2.30. The van der Waals surface area contributed by atoms with E-state index >= 15 is 0 Å². The fourth-order valence-electron chi connectivity index (χ4n) is 4.56. The first-order valence-corrected chi connectivity index (χ1v) is 12.1. The number of carbonyl (C=O) groups is 1. The number of hydrogen-bond acceptors (Lipinski definition) is 6. The van der Waals surface area contributed by atoms with E-state index in [4.69, 9.17) is 4.52 Å². The molecule has 1 aliphatic heterocycles. The summed E-state index contributed by atoms with van der Waals surface area (Å²) in [4.78, 5) is 23.7. The minimum absolute atomic E-state index is 0.0330. The fraction of sp³-hybridized carbons (Fsp3) is 0.333. The molecule has 2 aromatic heterocycles. The van der Waals surface area contributed by atoms with E-state index in [2.05, 4.69) is 43.5 Å². The first-order chi connectivity index (χ1) is 17.1. The van der Waals surface area contributed by atoms with E-state index in [0.29, 0.717) is 24.8 Å². The average molecular weight is 471 g/mol. The van der Waals surface area contributed by atoms with Crippen molar-refractivity contribution in [2.75, 3.05) is 13.1 Å². The topological polar surface area (TPSA) is 89.1 Å². The van der Waals surface area contributed by atoms with Gasteiger partial charge in [0, 0.05) is 37.0 Å². The van der Waals surface area contributed by atoms with Crippen LogP contribution in [0.15, 0.2) is 71.8 Å². The van der Waals surface area contributed by atoms with E-state index in [1.54, 1.807) is 6.20 Å². The van der Waals surface area contributed by atoms with Crippen molar-refractivity contribution in [3.05, 3.63) is 89.8 Å². The van der Waals surface area contributed by atoms with Gasteiger partial charge in [-0.05, 0) is 49.5 Å². The van der Waals surface area contributed by atoms with Crippen LogP contribution in [0, 0.1) is 12.8 Å². The van der Waals surface area contributed by atoms with Crippen LogP contribution in [-0.2, 0) is 24.4 Å². The zero-order valence-electron chi connectivity index (χ0n) is 19.9. The second kappa shape index (κ2) is 10.7. The van der Waals surface area contributed by atoms with Gasteiger partial charge in [-0.3, -0.25) is 9.69 Å². The molecule has 0 atom stereocenters. The maximum atomic E-state index is 12.8. The first kappa shape index (κ1) is 23.0. The number of nitrogens with one attached hydrogen (secondary N) is 1. The summed E-state index contributed by atoms with van der Waals surface area (Å²) < 4.78 is 7.53. The maximum Gasteiger partial charge on any atom is 0.241 e. The second-order valence-electron chi connectivity index (χ2n) is 9.15. The average Bonchev–Trinajstić information content (AvgIpc) is 3.56. The molecule has 0 radical (unpaired) electrons. The predicted molar refractivity (Wildman–Crippen MR) is 132 cm³/mol.